The number of amides is 1. The van der Waals surface area contributed by atoms with Gasteiger partial charge in [-0.3, -0.25) is 23.9 Å². The van der Waals surface area contributed by atoms with E-state index in [-0.39, 0.29) is 30.4 Å². The zero-order chi connectivity index (χ0) is 23.8. The maximum absolute atomic E-state index is 13.8. The van der Waals surface area contributed by atoms with Crippen molar-refractivity contribution in [2.24, 2.45) is 0 Å². The Hall–Kier alpha value is -3.04. The van der Waals surface area contributed by atoms with Gasteiger partial charge in [0, 0.05) is 10.4 Å². The standard InChI is InChI=1S/C25H28N4O4S/c1-3-28(4-2)13-21-27-24-23(16-7-5-6-8-20(16)34-24)25(32)29(21)12-18(30)15-9-10-19-17(11-15)26-22(31)14-33-19/h9-11H,3-8,12-14H2,1-2H3,(H,26,31). The summed E-state index contributed by atoms with van der Waals surface area (Å²) in [6, 6.07) is 4.96. The molecule has 0 spiro atoms. The van der Waals surface area contributed by atoms with E-state index >= 15 is 0 Å². The molecule has 5 rings (SSSR count). The van der Waals surface area contributed by atoms with E-state index < -0.39 is 0 Å². The summed E-state index contributed by atoms with van der Waals surface area (Å²) in [7, 11) is 0. The fourth-order valence-corrected chi connectivity index (χ4v) is 5.97. The Morgan fingerprint density at radius 1 is 1.21 bits per heavy atom. The fourth-order valence-electron chi connectivity index (χ4n) is 4.70. The van der Waals surface area contributed by atoms with Gasteiger partial charge in [0.25, 0.3) is 11.5 Å². The number of fused-ring (bicyclic) bond motifs is 4. The van der Waals surface area contributed by atoms with Crippen LogP contribution in [0.1, 0.15) is 53.3 Å². The molecule has 0 bridgehead atoms. The molecular formula is C25H28N4O4S. The van der Waals surface area contributed by atoms with Crippen molar-refractivity contribution in [3.8, 4) is 5.75 Å². The molecule has 1 N–H and O–H groups in total. The highest BCUT2D eigenvalue weighted by atomic mass is 32.1. The largest absolute Gasteiger partial charge is 0.482 e. The molecule has 0 unspecified atom stereocenters. The molecule has 3 heterocycles. The van der Waals surface area contributed by atoms with Gasteiger partial charge in [-0.05, 0) is 62.5 Å². The number of aromatic nitrogens is 2. The molecule has 9 heteroatoms. The molecule has 8 nitrogen and oxygen atoms in total. The van der Waals surface area contributed by atoms with E-state index in [2.05, 4.69) is 24.1 Å². The molecule has 1 amide bonds. The minimum Gasteiger partial charge on any atom is -0.482 e. The van der Waals surface area contributed by atoms with Crippen LogP contribution in [0.4, 0.5) is 5.69 Å². The third kappa shape index (κ3) is 4.14. The van der Waals surface area contributed by atoms with Crippen molar-refractivity contribution in [1.29, 1.82) is 0 Å². The minimum atomic E-state index is -0.258. The van der Waals surface area contributed by atoms with Crippen molar-refractivity contribution in [3.63, 3.8) is 0 Å². The van der Waals surface area contributed by atoms with Gasteiger partial charge in [0.15, 0.2) is 12.4 Å². The lowest BCUT2D eigenvalue weighted by molar-refractivity contribution is -0.118. The van der Waals surface area contributed by atoms with Crippen LogP contribution in [0, 0.1) is 0 Å². The Morgan fingerprint density at radius 3 is 2.79 bits per heavy atom. The van der Waals surface area contributed by atoms with Crippen molar-refractivity contribution < 1.29 is 14.3 Å². The first kappa shape index (κ1) is 22.7. The normalized spacial score (nSPS) is 15.1. The summed E-state index contributed by atoms with van der Waals surface area (Å²) < 4.78 is 6.95. The summed E-state index contributed by atoms with van der Waals surface area (Å²) in [5.41, 5.74) is 1.87. The van der Waals surface area contributed by atoms with Gasteiger partial charge in [-0.15, -0.1) is 11.3 Å². The van der Waals surface area contributed by atoms with Gasteiger partial charge < -0.3 is 10.1 Å². The quantitative estimate of drug-likeness (QED) is 0.521. The lowest BCUT2D eigenvalue weighted by atomic mass is 9.97. The predicted molar refractivity (Wildman–Crippen MR) is 132 cm³/mol. The second kappa shape index (κ2) is 9.31. The van der Waals surface area contributed by atoms with Crippen LogP contribution in [0.25, 0.3) is 10.2 Å². The number of nitrogens with zero attached hydrogens (tertiary/aromatic N) is 3. The first-order valence-corrected chi connectivity index (χ1v) is 12.7. The smallest absolute Gasteiger partial charge is 0.263 e. The summed E-state index contributed by atoms with van der Waals surface area (Å²) in [5, 5.41) is 3.42. The highest BCUT2D eigenvalue weighted by Crippen LogP contribution is 2.34. The summed E-state index contributed by atoms with van der Waals surface area (Å²) in [4.78, 5) is 47.9. The Bertz CT molecular complexity index is 1340. The van der Waals surface area contributed by atoms with Crippen LogP contribution in [0.15, 0.2) is 23.0 Å². The van der Waals surface area contributed by atoms with E-state index in [0.29, 0.717) is 34.8 Å². The van der Waals surface area contributed by atoms with Crippen molar-refractivity contribution >= 4 is 38.9 Å². The summed E-state index contributed by atoms with van der Waals surface area (Å²) in [5.74, 6) is 0.675. The van der Waals surface area contributed by atoms with Crippen molar-refractivity contribution in [2.75, 3.05) is 25.0 Å². The zero-order valence-corrected chi connectivity index (χ0v) is 20.3. The lowest BCUT2D eigenvalue weighted by Crippen LogP contribution is -2.33. The van der Waals surface area contributed by atoms with Crippen molar-refractivity contribution in [3.05, 3.63) is 50.4 Å². The number of carbonyl (C=O) groups excluding carboxylic acids is 2. The SMILES string of the molecule is CCN(CC)Cc1nc2sc3c(c2c(=O)n1CC(=O)c1ccc2c(c1)NC(=O)CO2)CCCC3. The monoisotopic (exact) mass is 480 g/mol. The van der Waals surface area contributed by atoms with E-state index in [4.69, 9.17) is 9.72 Å². The van der Waals surface area contributed by atoms with Gasteiger partial charge in [0.2, 0.25) is 0 Å². The highest BCUT2D eigenvalue weighted by Gasteiger charge is 2.24. The number of anilines is 1. The van der Waals surface area contributed by atoms with Crippen LogP contribution in [0.5, 0.6) is 5.75 Å². The van der Waals surface area contributed by atoms with E-state index in [9.17, 15) is 14.4 Å². The number of rotatable bonds is 7. The van der Waals surface area contributed by atoms with Gasteiger partial charge in [-0.2, -0.15) is 0 Å². The number of hydrogen-bond donors (Lipinski definition) is 1. The maximum atomic E-state index is 13.8. The Labute approximate surface area is 201 Å². The summed E-state index contributed by atoms with van der Waals surface area (Å²) in [6.07, 6.45) is 4.09. The minimum absolute atomic E-state index is 0.0406. The third-order valence-corrected chi connectivity index (χ3v) is 7.84. The van der Waals surface area contributed by atoms with Crippen LogP contribution in [-0.4, -0.2) is 45.8 Å². The van der Waals surface area contributed by atoms with Gasteiger partial charge in [0.1, 0.15) is 16.4 Å². The summed E-state index contributed by atoms with van der Waals surface area (Å²) >= 11 is 1.63. The molecule has 3 aromatic rings. The van der Waals surface area contributed by atoms with E-state index in [1.54, 1.807) is 34.1 Å². The third-order valence-electron chi connectivity index (χ3n) is 6.65. The molecule has 2 aliphatic rings. The molecule has 1 aliphatic carbocycles. The fraction of sp³-hybridized carbons (Fsp3) is 0.440. The van der Waals surface area contributed by atoms with Gasteiger partial charge >= 0.3 is 0 Å². The number of aryl methyl sites for hydroxylation is 2. The molecule has 1 aliphatic heterocycles. The average Bonchev–Trinajstić information content (AvgIpc) is 3.22. The number of thiophene rings is 1. The van der Waals surface area contributed by atoms with Crippen LogP contribution in [0.2, 0.25) is 0 Å². The molecule has 0 fully saturated rings. The molecule has 1 aromatic carbocycles. The number of hydrogen-bond acceptors (Lipinski definition) is 7. The number of nitrogens with one attached hydrogen (secondary N) is 1. The second-order valence-corrected chi connectivity index (χ2v) is 9.83. The van der Waals surface area contributed by atoms with Crippen LogP contribution in [-0.2, 0) is 30.7 Å². The number of ketones is 1. The zero-order valence-electron chi connectivity index (χ0n) is 19.5. The highest BCUT2D eigenvalue weighted by molar-refractivity contribution is 7.18. The molecule has 34 heavy (non-hydrogen) atoms. The lowest BCUT2D eigenvalue weighted by Gasteiger charge is -2.21. The Balaban J connectivity index is 1.56. The molecule has 0 saturated heterocycles. The maximum Gasteiger partial charge on any atom is 0.263 e. The number of Topliss-reactive ketones (excluding diaryl/α,β-unsaturated/α-hetero) is 1. The summed E-state index contributed by atoms with van der Waals surface area (Å²) in [6.45, 7) is 6.15. The van der Waals surface area contributed by atoms with Crippen LogP contribution in [0.3, 0.4) is 0 Å². The van der Waals surface area contributed by atoms with Crippen molar-refractivity contribution in [1.82, 2.24) is 14.5 Å². The molecule has 0 atom stereocenters. The second-order valence-electron chi connectivity index (χ2n) is 8.74. The first-order chi connectivity index (χ1) is 16.5. The molecule has 0 radical (unpaired) electrons. The van der Waals surface area contributed by atoms with Gasteiger partial charge in [-0.1, -0.05) is 13.8 Å². The number of carbonyl (C=O) groups is 2. The van der Waals surface area contributed by atoms with E-state index in [1.165, 1.54) is 4.88 Å². The predicted octanol–water partition coefficient (Wildman–Crippen LogP) is 3.39. The van der Waals surface area contributed by atoms with Gasteiger partial charge in [0.05, 0.1) is 24.2 Å². The van der Waals surface area contributed by atoms with E-state index in [1.807, 2.05) is 0 Å². The molecular weight excluding hydrogens is 452 g/mol. The van der Waals surface area contributed by atoms with E-state index in [0.717, 1.165) is 49.2 Å². The average molecular weight is 481 g/mol. The molecule has 2 aromatic heterocycles. The van der Waals surface area contributed by atoms with Crippen molar-refractivity contribution in [2.45, 2.75) is 52.6 Å². The molecule has 0 saturated carbocycles. The Morgan fingerprint density at radius 2 is 2.00 bits per heavy atom. The number of benzene rings is 1. The topological polar surface area (TPSA) is 93.5 Å². The van der Waals surface area contributed by atoms with Crippen LogP contribution >= 0.6 is 11.3 Å². The Kier molecular flexibility index (Phi) is 6.22. The van der Waals surface area contributed by atoms with Gasteiger partial charge in [-0.25, -0.2) is 4.98 Å². The number of ether oxygens (including phenoxy) is 1. The molecule has 178 valence electrons. The van der Waals surface area contributed by atoms with Crippen LogP contribution < -0.4 is 15.6 Å². The first-order valence-electron chi connectivity index (χ1n) is 11.8.